The van der Waals surface area contributed by atoms with Crippen molar-refractivity contribution < 1.29 is 24.7 Å². The first-order chi connectivity index (χ1) is 3.27. The van der Waals surface area contributed by atoms with Crippen molar-refractivity contribution in [2.24, 2.45) is 0 Å². The molecule has 0 amide bonds. The summed E-state index contributed by atoms with van der Waals surface area (Å²) < 4.78 is 0. The van der Waals surface area contributed by atoms with E-state index in [1.807, 2.05) is 0 Å². The fourth-order valence-corrected chi connectivity index (χ4v) is 0.0631. The first-order valence-electron chi connectivity index (χ1n) is 1.37. The van der Waals surface area contributed by atoms with Gasteiger partial charge in [0.1, 0.15) is 0 Å². The number of carboxylic acid groups (broad SMARTS) is 1. The molecule has 0 fully saturated rings. The van der Waals surface area contributed by atoms with Crippen LogP contribution in [-0.2, 0) is 14.8 Å². The Kier molecular flexibility index (Phi) is 2.99. The highest BCUT2D eigenvalue weighted by Crippen LogP contribution is 1.75. The van der Waals surface area contributed by atoms with E-state index in [0.29, 0.717) is 0 Å². The minimum atomic E-state index is -1.54. The van der Waals surface area contributed by atoms with Crippen LogP contribution in [0.4, 0.5) is 4.79 Å². The molecule has 0 spiro atoms. The third-order valence-corrected chi connectivity index (χ3v) is 0.173. The van der Waals surface area contributed by atoms with E-state index in [0.717, 1.165) is 7.11 Å². The summed E-state index contributed by atoms with van der Waals surface area (Å²) in [4.78, 5) is 16.5. The van der Waals surface area contributed by atoms with E-state index in [4.69, 9.17) is 5.11 Å². The lowest BCUT2D eigenvalue weighted by Crippen LogP contribution is -1.99. The van der Waals surface area contributed by atoms with Crippen molar-refractivity contribution in [2.45, 2.75) is 0 Å². The molecule has 0 aliphatic carbocycles. The van der Waals surface area contributed by atoms with Gasteiger partial charge in [-0.25, -0.2) is 9.68 Å². The van der Waals surface area contributed by atoms with E-state index in [1.165, 1.54) is 0 Å². The maximum Gasteiger partial charge on any atom is 0.540 e. The zero-order valence-electron chi connectivity index (χ0n) is 3.58. The number of rotatable bonds is 2. The van der Waals surface area contributed by atoms with Gasteiger partial charge in [0.15, 0.2) is 0 Å². The molecular weight excluding hydrogens is 104 g/mol. The molecule has 0 aliphatic heterocycles. The third-order valence-electron chi connectivity index (χ3n) is 0.173. The zero-order valence-corrected chi connectivity index (χ0v) is 3.58. The molecule has 0 unspecified atom stereocenters. The minimum absolute atomic E-state index is 1.13. The summed E-state index contributed by atoms with van der Waals surface area (Å²) in [5.41, 5.74) is 0. The molecule has 0 aromatic carbocycles. The molecular formula is C2H4O5. The molecule has 0 saturated heterocycles. The Morgan fingerprint density at radius 1 is 1.71 bits per heavy atom. The Hall–Kier alpha value is -0.810. The zero-order chi connectivity index (χ0) is 5.70. The van der Waals surface area contributed by atoms with Crippen molar-refractivity contribution in [3.63, 3.8) is 0 Å². The van der Waals surface area contributed by atoms with Gasteiger partial charge in [-0.3, -0.25) is 0 Å². The van der Waals surface area contributed by atoms with Gasteiger partial charge >= 0.3 is 6.16 Å². The van der Waals surface area contributed by atoms with Gasteiger partial charge in [-0.05, 0) is 5.04 Å². The second-order valence-electron chi connectivity index (χ2n) is 0.584. The molecule has 0 aliphatic rings. The van der Waals surface area contributed by atoms with Crippen LogP contribution in [0.3, 0.4) is 0 Å². The van der Waals surface area contributed by atoms with Gasteiger partial charge in [-0.15, -0.1) is 0 Å². The van der Waals surface area contributed by atoms with Crippen LogP contribution in [0.2, 0.25) is 0 Å². The van der Waals surface area contributed by atoms with Gasteiger partial charge in [-0.1, -0.05) is 0 Å². The maximum absolute atomic E-state index is 9.33. The number of hydrogen-bond donors (Lipinski definition) is 1. The monoisotopic (exact) mass is 108 g/mol. The van der Waals surface area contributed by atoms with E-state index in [-0.39, 0.29) is 0 Å². The number of hydrogen-bond acceptors (Lipinski definition) is 4. The maximum atomic E-state index is 9.33. The molecule has 0 bridgehead atoms. The molecule has 1 N–H and O–H groups in total. The van der Waals surface area contributed by atoms with Crippen LogP contribution < -0.4 is 0 Å². The lowest BCUT2D eigenvalue weighted by Gasteiger charge is -1.89. The molecule has 0 aromatic heterocycles. The summed E-state index contributed by atoms with van der Waals surface area (Å²) in [5, 5.41) is 11.1. The Bertz CT molecular complexity index is 59.1. The van der Waals surface area contributed by atoms with E-state index in [9.17, 15) is 4.79 Å². The van der Waals surface area contributed by atoms with Crippen molar-refractivity contribution in [2.75, 3.05) is 7.11 Å². The average molecular weight is 108 g/mol. The molecule has 0 radical (unpaired) electrons. The van der Waals surface area contributed by atoms with Gasteiger partial charge in [0, 0.05) is 0 Å². The predicted molar refractivity (Wildman–Crippen MR) is 17.2 cm³/mol. The standard InChI is InChI=1S/C2H4O5/c1-5-7-6-2(3)4/h1H3,(H,3,4). The van der Waals surface area contributed by atoms with Crippen LogP contribution in [0.15, 0.2) is 0 Å². The van der Waals surface area contributed by atoms with Crippen LogP contribution >= 0.6 is 0 Å². The molecule has 0 atom stereocenters. The first-order valence-corrected chi connectivity index (χ1v) is 1.37. The minimum Gasteiger partial charge on any atom is -0.448 e. The lowest BCUT2D eigenvalue weighted by atomic mass is 11.4. The molecule has 7 heavy (non-hydrogen) atoms. The molecule has 5 heteroatoms. The van der Waals surface area contributed by atoms with Crippen molar-refractivity contribution in [1.82, 2.24) is 0 Å². The van der Waals surface area contributed by atoms with Crippen LogP contribution in [-0.4, -0.2) is 18.4 Å². The predicted octanol–water partition coefficient (Wildman–Crippen LogP) is 0.174. The normalized spacial score (nSPS) is 8.14. The van der Waals surface area contributed by atoms with Gasteiger partial charge < -0.3 is 5.11 Å². The molecule has 0 saturated carbocycles. The van der Waals surface area contributed by atoms with Gasteiger partial charge in [0.05, 0.1) is 7.11 Å². The molecule has 0 rings (SSSR count). The van der Waals surface area contributed by atoms with Crippen molar-refractivity contribution in [3.8, 4) is 0 Å². The highest BCUT2D eigenvalue weighted by atomic mass is 17.5. The second kappa shape index (κ2) is 3.38. The Morgan fingerprint density at radius 2 is 2.29 bits per heavy atom. The smallest absolute Gasteiger partial charge is 0.448 e. The molecule has 0 aromatic rings. The first kappa shape index (κ1) is 6.19. The van der Waals surface area contributed by atoms with Gasteiger partial charge in [0.25, 0.3) is 0 Å². The van der Waals surface area contributed by atoms with Gasteiger partial charge in [0.2, 0.25) is 0 Å². The molecule has 42 valence electrons. The third kappa shape index (κ3) is 5.19. The number of carbonyl (C=O) groups is 1. The topological polar surface area (TPSA) is 65.0 Å². The quantitative estimate of drug-likeness (QED) is 0.403. The summed E-state index contributed by atoms with van der Waals surface area (Å²) >= 11 is 0. The fraction of sp³-hybridized carbons (Fsp3) is 0.500. The summed E-state index contributed by atoms with van der Waals surface area (Å²) in [6, 6.07) is 0. The van der Waals surface area contributed by atoms with Gasteiger partial charge in [-0.2, -0.15) is 4.89 Å². The van der Waals surface area contributed by atoms with Crippen molar-refractivity contribution in [1.29, 1.82) is 0 Å². The summed E-state index contributed by atoms with van der Waals surface area (Å²) in [6.45, 7) is 0. The average Bonchev–Trinajstić information content (AvgIpc) is 1.61. The van der Waals surface area contributed by atoms with Crippen molar-refractivity contribution >= 4 is 6.16 Å². The summed E-state index contributed by atoms with van der Waals surface area (Å²) in [5.74, 6) is 0. The largest absolute Gasteiger partial charge is 0.540 e. The van der Waals surface area contributed by atoms with E-state index in [2.05, 4.69) is 14.8 Å². The highest BCUT2D eigenvalue weighted by Gasteiger charge is 1.92. The summed E-state index contributed by atoms with van der Waals surface area (Å²) in [7, 11) is 1.13. The van der Waals surface area contributed by atoms with Crippen LogP contribution in [0, 0.1) is 0 Å². The Labute approximate surface area is 39.3 Å². The lowest BCUT2D eigenvalue weighted by molar-refractivity contribution is -0.474. The van der Waals surface area contributed by atoms with E-state index >= 15 is 0 Å². The van der Waals surface area contributed by atoms with Crippen LogP contribution in [0.25, 0.3) is 0 Å². The second-order valence-corrected chi connectivity index (χ2v) is 0.584. The Morgan fingerprint density at radius 3 is 2.43 bits per heavy atom. The summed E-state index contributed by atoms with van der Waals surface area (Å²) in [6.07, 6.45) is -1.54. The highest BCUT2D eigenvalue weighted by molar-refractivity contribution is 5.55. The Balaban J connectivity index is 2.82. The van der Waals surface area contributed by atoms with Crippen LogP contribution in [0.1, 0.15) is 0 Å². The molecule has 5 nitrogen and oxygen atoms in total. The SMILES string of the molecule is COOOC(=O)O. The van der Waals surface area contributed by atoms with Crippen molar-refractivity contribution in [3.05, 3.63) is 0 Å². The van der Waals surface area contributed by atoms with E-state index in [1.54, 1.807) is 0 Å². The fourth-order valence-electron chi connectivity index (χ4n) is 0.0631. The van der Waals surface area contributed by atoms with Crippen LogP contribution in [0.5, 0.6) is 0 Å². The molecule has 0 heterocycles. The van der Waals surface area contributed by atoms with E-state index < -0.39 is 6.16 Å².